The number of aliphatic hydroxyl groups excluding tert-OH is 2. The van der Waals surface area contributed by atoms with Crippen LogP contribution in [0.1, 0.15) is 30.1 Å². The van der Waals surface area contributed by atoms with Crippen LogP contribution in [0, 0.1) is 12.8 Å². The van der Waals surface area contributed by atoms with E-state index in [-0.39, 0.29) is 12.0 Å². The molecule has 1 saturated carbocycles. The van der Waals surface area contributed by atoms with Crippen LogP contribution in [0.2, 0.25) is 0 Å². The van der Waals surface area contributed by atoms with Crippen molar-refractivity contribution in [1.82, 2.24) is 23.9 Å². The van der Waals surface area contributed by atoms with Crippen LogP contribution in [0.3, 0.4) is 0 Å². The minimum Gasteiger partial charge on any atom is -0.390 e. The summed E-state index contributed by atoms with van der Waals surface area (Å²) >= 11 is 0. The summed E-state index contributed by atoms with van der Waals surface area (Å²) in [7, 11) is 0. The summed E-state index contributed by atoms with van der Waals surface area (Å²) in [4.78, 5) is 12.8. The third kappa shape index (κ3) is 2.95. The first-order chi connectivity index (χ1) is 14.0. The van der Waals surface area contributed by atoms with Gasteiger partial charge < -0.3 is 24.9 Å². The first-order valence-electron chi connectivity index (χ1n) is 9.88. The van der Waals surface area contributed by atoms with Gasteiger partial charge in [0.15, 0.2) is 0 Å². The second-order valence-corrected chi connectivity index (χ2v) is 7.96. The topological polar surface area (TPSA) is 114 Å². The summed E-state index contributed by atoms with van der Waals surface area (Å²) in [6.07, 6.45) is 7.87. The number of aliphatic hydroxyl groups is 2. The van der Waals surface area contributed by atoms with E-state index < -0.39 is 12.2 Å². The van der Waals surface area contributed by atoms with Gasteiger partial charge in [-0.05, 0) is 55.9 Å². The Morgan fingerprint density at radius 1 is 1.14 bits per heavy atom. The Balaban J connectivity index is 1.34. The molecule has 0 bridgehead atoms. The van der Waals surface area contributed by atoms with E-state index in [9.17, 15) is 10.2 Å². The van der Waals surface area contributed by atoms with Crippen molar-refractivity contribution in [3.63, 3.8) is 0 Å². The first kappa shape index (κ1) is 18.1. The van der Waals surface area contributed by atoms with Crippen molar-refractivity contribution in [2.24, 2.45) is 5.92 Å². The van der Waals surface area contributed by atoms with E-state index in [0.29, 0.717) is 17.9 Å². The van der Waals surface area contributed by atoms with E-state index in [2.05, 4.69) is 31.5 Å². The maximum atomic E-state index is 10.7. The van der Waals surface area contributed by atoms with Crippen LogP contribution in [-0.2, 0) is 6.42 Å². The molecule has 0 spiro atoms. The Morgan fingerprint density at radius 2 is 2.00 bits per heavy atom. The zero-order valence-corrected chi connectivity index (χ0v) is 16.2. The summed E-state index contributed by atoms with van der Waals surface area (Å²) in [5.74, 6) is 0.423. The van der Waals surface area contributed by atoms with Gasteiger partial charge in [0.1, 0.15) is 29.5 Å². The maximum Gasteiger partial charge on any atom is 0.145 e. The highest BCUT2D eigenvalue weighted by Crippen LogP contribution is 2.39. The highest BCUT2D eigenvalue weighted by atomic mass is 16.3. The number of hydrogen-bond acceptors (Lipinski definition) is 6. The molecule has 4 N–H and O–H groups in total. The van der Waals surface area contributed by atoms with Crippen molar-refractivity contribution in [3.8, 4) is 0 Å². The van der Waals surface area contributed by atoms with Crippen molar-refractivity contribution in [2.45, 2.75) is 44.4 Å². The molecule has 1 fully saturated rings. The second kappa shape index (κ2) is 6.82. The minimum atomic E-state index is -0.843. The van der Waals surface area contributed by atoms with Gasteiger partial charge in [0, 0.05) is 24.3 Å². The molecule has 4 aromatic rings. The van der Waals surface area contributed by atoms with E-state index >= 15 is 0 Å². The highest BCUT2D eigenvalue weighted by molar-refractivity contribution is 5.86. The first-order valence-corrected chi connectivity index (χ1v) is 9.88. The highest BCUT2D eigenvalue weighted by Gasteiger charge is 2.42. The summed E-state index contributed by atoms with van der Waals surface area (Å²) in [6, 6.07) is 5.80. The third-order valence-corrected chi connectivity index (χ3v) is 6.24. The van der Waals surface area contributed by atoms with Gasteiger partial charge in [-0.25, -0.2) is 15.0 Å². The van der Waals surface area contributed by atoms with Gasteiger partial charge >= 0.3 is 0 Å². The molecule has 0 unspecified atom stereocenters. The normalized spacial score (nSPS) is 24.7. The van der Waals surface area contributed by atoms with Gasteiger partial charge in [-0.1, -0.05) is 0 Å². The van der Waals surface area contributed by atoms with E-state index in [1.807, 2.05) is 36.1 Å². The van der Waals surface area contributed by atoms with Gasteiger partial charge in [0.25, 0.3) is 0 Å². The van der Waals surface area contributed by atoms with Crippen LogP contribution in [0.5, 0.6) is 0 Å². The van der Waals surface area contributed by atoms with E-state index in [1.165, 1.54) is 11.9 Å². The van der Waals surface area contributed by atoms with E-state index in [4.69, 9.17) is 5.73 Å². The molecular formula is C21H24N6O2. The number of nitrogen functional groups attached to an aromatic ring is 1. The molecule has 150 valence electrons. The molecule has 0 aliphatic heterocycles. The molecule has 4 heterocycles. The molecule has 4 aromatic heterocycles. The number of hydrogen-bond donors (Lipinski definition) is 3. The Morgan fingerprint density at radius 3 is 2.86 bits per heavy atom. The van der Waals surface area contributed by atoms with Crippen LogP contribution in [-0.4, -0.2) is 46.3 Å². The average molecular weight is 392 g/mol. The standard InChI is InChI=1S/C21H24N6O2/c1-12-10-23-17-8-13(4-6-26(12)17)2-3-14-9-16(19(29)18(14)28)27-7-5-15-20(22)24-11-25-21(15)27/h4-8,10-11,14,16,18-19,28-29H,2-3,9H2,1H3,(H2,22,24,25)/t14-,16+,18+,19-/m0/s1. The van der Waals surface area contributed by atoms with E-state index in [1.54, 1.807) is 0 Å². The van der Waals surface area contributed by atoms with Crippen molar-refractivity contribution in [1.29, 1.82) is 0 Å². The second-order valence-electron chi connectivity index (χ2n) is 7.96. The number of nitrogens with two attached hydrogens (primary N) is 1. The van der Waals surface area contributed by atoms with Crippen LogP contribution in [0.25, 0.3) is 16.7 Å². The third-order valence-electron chi connectivity index (χ3n) is 6.24. The Hall–Kier alpha value is -2.97. The van der Waals surface area contributed by atoms with Gasteiger partial charge in [0.05, 0.1) is 17.5 Å². The zero-order chi connectivity index (χ0) is 20.1. The van der Waals surface area contributed by atoms with Gasteiger partial charge in [-0.3, -0.25) is 0 Å². The average Bonchev–Trinajstić information content (AvgIpc) is 3.39. The lowest BCUT2D eigenvalue weighted by Crippen LogP contribution is -2.29. The molecule has 0 saturated heterocycles. The number of aromatic nitrogens is 5. The Labute approximate surface area is 167 Å². The summed E-state index contributed by atoms with van der Waals surface area (Å²) in [6.45, 7) is 2.03. The van der Waals surface area contributed by atoms with Gasteiger partial charge in [0.2, 0.25) is 0 Å². The molecule has 0 radical (unpaired) electrons. The van der Waals surface area contributed by atoms with Crippen LogP contribution < -0.4 is 5.73 Å². The van der Waals surface area contributed by atoms with Crippen molar-refractivity contribution < 1.29 is 10.2 Å². The molecule has 1 aliphatic rings. The summed E-state index contributed by atoms with van der Waals surface area (Å²) < 4.78 is 3.97. The smallest absolute Gasteiger partial charge is 0.145 e. The lowest BCUT2D eigenvalue weighted by Gasteiger charge is -2.19. The number of imidazole rings is 1. The molecule has 1 aliphatic carbocycles. The molecule has 8 nitrogen and oxygen atoms in total. The summed E-state index contributed by atoms with van der Waals surface area (Å²) in [5, 5.41) is 22.1. The number of anilines is 1. The lowest BCUT2D eigenvalue weighted by atomic mass is 9.96. The number of aryl methyl sites for hydroxylation is 2. The van der Waals surface area contributed by atoms with Crippen LogP contribution in [0.15, 0.2) is 43.1 Å². The number of fused-ring (bicyclic) bond motifs is 2. The Bertz CT molecular complexity index is 1180. The van der Waals surface area contributed by atoms with Crippen LogP contribution >= 0.6 is 0 Å². The Kier molecular flexibility index (Phi) is 4.25. The number of rotatable bonds is 4. The fraction of sp³-hybridized carbons (Fsp3) is 0.381. The molecule has 0 aromatic carbocycles. The molecular weight excluding hydrogens is 368 g/mol. The van der Waals surface area contributed by atoms with Crippen LogP contribution in [0.4, 0.5) is 5.82 Å². The fourth-order valence-electron chi connectivity index (χ4n) is 4.58. The van der Waals surface area contributed by atoms with Crippen molar-refractivity contribution >= 4 is 22.5 Å². The molecule has 8 heteroatoms. The van der Waals surface area contributed by atoms with Gasteiger partial charge in [-0.2, -0.15) is 0 Å². The van der Waals surface area contributed by atoms with Crippen molar-refractivity contribution in [2.75, 3.05) is 5.73 Å². The molecule has 5 rings (SSSR count). The maximum absolute atomic E-state index is 10.7. The zero-order valence-electron chi connectivity index (χ0n) is 16.2. The monoisotopic (exact) mass is 392 g/mol. The largest absolute Gasteiger partial charge is 0.390 e. The molecule has 0 amide bonds. The van der Waals surface area contributed by atoms with E-state index in [0.717, 1.165) is 29.6 Å². The quantitative estimate of drug-likeness (QED) is 0.489. The number of nitrogens with zero attached hydrogens (tertiary/aromatic N) is 5. The predicted octanol–water partition coefficient (Wildman–Crippen LogP) is 1.89. The fourth-order valence-corrected chi connectivity index (χ4v) is 4.58. The van der Waals surface area contributed by atoms with Crippen molar-refractivity contribution in [3.05, 3.63) is 54.4 Å². The molecule has 29 heavy (non-hydrogen) atoms. The SMILES string of the molecule is Cc1cnc2cc(CC[C@H]3C[C@@H](n4ccc5c(N)ncnc54)[C@H](O)[C@@H]3O)ccn12. The van der Waals surface area contributed by atoms with Gasteiger partial charge in [-0.15, -0.1) is 0 Å². The predicted molar refractivity (Wildman–Crippen MR) is 109 cm³/mol. The summed E-state index contributed by atoms with van der Waals surface area (Å²) in [5.41, 5.74) is 9.83. The molecule has 4 atom stereocenters. The number of pyridine rings is 1. The minimum absolute atomic E-state index is 0.00402. The lowest BCUT2D eigenvalue weighted by molar-refractivity contribution is 0.00545.